The minimum Gasteiger partial charge on any atom is -0.343 e. The summed E-state index contributed by atoms with van der Waals surface area (Å²) >= 11 is 7.11. The summed E-state index contributed by atoms with van der Waals surface area (Å²) in [7, 11) is 1.75. The van der Waals surface area contributed by atoms with Gasteiger partial charge in [0.15, 0.2) is 5.16 Å². The summed E-state index contributed by atoms with van der Waals surface area (Å²) in [6, 6.07) is 11.9. The van der Waals surface area contributed by atoms with E-state index < -0.39 is 10.5 Å². The molecule has 1 aliphatic rings. The molecule has 1 heterocycles. The molecule has 1 amide bonds. The summed E-state index contributed by atoms with van der Waals surface area (Å²) < 4.78 is 1.67. The van der Waals surface area contributed by atoms with Crippen LogP contribution in [0.3, 0.4) is 0 Å². The Morgan fingerprint density at radius 1 is 1.27 bits per heavy atom. The van der Waals surface area contributed by atoms with Crippen LogP contribution < -0.4 is 5.32 Å². The van der Waals surface area contributed by atoms with Gasteiger partial charge in [0.2, 0.25) is 0 Å². The van der Waals surface area contributed by atoms with Gasteiger partial charge in [0.05, 0.1) is 15.4 Å². The molecule has 0 bridgehead atoms. The van der Waals surface area contributed by atoms with Gasteiger partial charge in [-0.1, -0.05) is 23.7 Å². The van der Waals surface area contributed by atoms with Gasteiger partial charge in [-0.2, -0.15) is 0 Å². The van der Waals surface area contributed by atoms with Crippen molar-refractivity contribution < 1.29 is 9.72 Å². The van der Waals surface area contributed by atoms with E-state index in [4.69, 9.17) is 11.6 Å². The summed E-state index contributed by atoms with van der Waals surface area (Å²) in [6.07, 6.45) is 4.13. The normalized spacial score (nSPS) is 14.7. The molecule has 0 aliphatic heterocycles. The Bertz CT molecular complexity index is 1110. The standard InChI is InChI=1S/C20H18ClN5O3S/c1-25-12-22-24-19(25)30-17-8-3-13(11-16(17)26(28)29)18(27)23-20(9-2-10-20)14-4-6-15(21)7-5-14/h3-8,11-12H,2,9-10H2,1H3,(H,23,27). The highest BCUT2D eigenvalue weighted by molar-refractivity contribution is 7.99. The van der Waals surface area contributed by atoms with E-state index in [0.29, 0.717) is 15.1 Å². The number of amides is 1. The van der Waals surface area contributed by atoms with E-state index in [-0.39, 0.29) is 17.2 Å². The lowest BCUT2D eigenvalue weighted by Gasteiger charge is -2.43. The van der Waals surface area contributed by atoms with E-state index in [1.165, 1.54) is 12.4 Å². The van der Waals surface area contributed by atoms with Crippen molar-refractivity contribution in [3.05, 3.63) is 75.1 Å². The van der Waals surface area contributed by atoms with Crippen LogP contribution in [0.4, 0.5) is 5.69 Å². The zero-order valence-corrected chi connectivity index (χ0v) is 17.6. The van der Waals surface area contributed by atoms with Gasteiger partial charge in [0, 0.05) is 23.7 Å². The number of carbonyl (C=O) groups excluding carboxylic acids is 1. The van der Waals surface area contributed by atoms with E-state index in [0.717, 1.165) is 36.6 Å². The summed E-state index contributed by atoms with van der Waals surface area (Å²) in [5, 5.41) is 23.6. The van der Waals surface area contributed by atoms with Crippen molar-refractivity contribution in [2.45, 2.75) is 34.9 Å². The first-order chi connectivity index (χ1) is 14.4. The van der Waals surface area contributed by atoms with Gasteiger partial charge >= 0.3 is 0 Å². The number of benzene rings is 2. The topological polar surface area (TPSA) is 103 Å². The number of hydrogen-bond acceptors (Lipinski definition) is 6. The molecule has 1 saturated carbocycles. The van der Waals surface area contributed by atoms with Crippen LogP contribution in [-0.4, -0.2) is 25.6 Å². The number of carbonyl (C=O) groups is 1. The van der Waals surface area contributed by atoms with E-state index >= 15 is 0 Å². The molecule has 0 spiro atoms. The molecule has 1 fully saturated rings. The third-order valence-electron chi connectivity index (χ3n) is 5.25. The van der Waals surface area contributed by atoms with Crippen molar-refractivity contribution in [2.24, 2.45) is 7.05 Å². The van der Waals surface area contributed by atoms with Gasteiger partial charge in [-0.05, 0) is 60.9 Å². The molecule has 2 aromatic carbocycles. The van der Waals surface area contributed by atoms with Crippen LogP contribution in [0.1, 0.15) is 35.2 Å². The maximum Gasteiger partial charge on any atom is 0.284 e. The second-order valence-corrected chi connectivity index (χ2v) is 8.61. The molecule has 8 nitrogen and oxygen atoms in total. The van der Waals surface area contributed by atoms with Crippen LogP contribution in [0, 0.1) is 10.1 Å². The molecule has 10 heteroatoms. The van der Waals surface area contributed by atoms with Crippen molar-refractivity contribution in [2.75, 3.05) is 0 Å². The first kappa shape index (κ1) is 20.4. The highest BCUT2D eigenvalue weighted by Crippen LogP contribution is 2.42. The first-order valence-corrected chi connectivity index (χ1v) is 10.5. The molecule has 0 unspecified atom stereocenters. The van der Waals surface area contributed by atoms with Crippen LogP contribution in [0.15, 0.2) is 58.8 Å². The SMILES string of the molecule is Cn1cnnc1Sc1ccc(C(=O)NC2(c3ccc(Cl)cc3)CCC2)cc1[N+](=O)[O-]. The third kappa shape index (κ3) is 3.90. The molecule has 1 aromatic heterocycles. The van der Waals surface area contributed by atoms with E-state index in [1.807, 2.05) is 12.1 Å². The van der Waals surface area contributed by atoms with Crippen LogP contribution in [0.5, 0.6) is 0 Å². The minimum atomic E-state index is -0.492. The van der Waals surface area contributed by atoms with Crippen LogP contribution in [-0.2, 0) is 12.6 Å². The number of aryl methyl sites for hydroxylation is 1. The van der Waals surface area contributed by atoms with E-state index in [2.05, 4.69) is 15.5 Å². The van der Waals surface area contributed by atoms with Gasteiger partial charge in [-0.25, -0.2) is 0 Å². The predicted octanol–water partition coefficient (Wildman–Crippen LogP) is 4.34. The predicted molar refractivity (Wildman–Crippen MR) is 113 cm³/mol. The number of aromatic nitrogens is 3. The fourth-order valence-corrected chi connectivity index (χ4v) is 4.40. The quantitative estimate of drug-likeness (QED) is 0.449. The molecule has 1 aliphatic carbocycles. The maximum atomic E-state index is 13.0. The average Bonchev–Trinajstić information content (AvgIpc) is 3.10. The van der Waals surface area contributed by atoms with Crippen molar-refractivity contribution in [3.8, 4) is 0 Å². The Kier molecular flexibility index (Phi) is 5.48. The Hall–Kier alpha value is -2.91. The van der Waals surface area contributed by atoms with Gasteiger partial charge in [-0.15, -0.1) is 10.2 Å². The maximum absolute atomic E-state index is 13.0. The summed E-state index contributed by atoms with van der Waals surface area (Å²) in [6.45, 7) is 0. The zero-order valence-electron chi connectivity index (χ0n) is 16.0. The molecular formula is C20H18ClN5O3S. The van der Waals surface area contributed by atoms with E-state index in [1.54, 1.807) is 35.9 Å². The van der Waals surface area contributed by atoms with Gasteiger partial charge in [0.1, 0.15) is 6.33 Å². The number of nitrogens with zero attached hydrogens (tertiary/aromatic N) is 4. The highest BCUT2D eigenvalue weighted by atomic mass is 35.5. The van der Waals surface area contributed by atoms with Crippen LogP contribution >= 0.6 is 23.4 Å². The third-order valence-corrected chi connectivity index (χ3v) is 6.61. The van der Waals surface area contributed by atoms with Gasteiger partial charge in [0.25, 0.3) is 11.6 Å². The number of rotatable bonds is 6. The van der Waals surface area contributed by atoms with Crippen molar-refractivity contribution in [1.82, 2.24) is 20.1 Å². The molecule has 0 saturated heterocycles. The Labute approximate surface area is 181 Å². The van der Waals surface area contributed by atoms with Gasteiger partial charge in [-0.3, -0.25) is 14.9 Å². The monoisotopic (exact) mass is 443 g/mol. The lowest BCUT2D eigenvalue weighted by atomic mass is 9.71. The Morgan fingerprint density at radius 3 is 2.57 bits per heavy atom. The molecular weight excluding hydrogens is 426 g/mol. The molecule has 1 N–H and O–H groups in total. The molecule has 30 heavy (non-hydrogen) atoms. The molecule has 0 radical (unpaired) electrons. The summed E-state index contributed by atoms with van der Waals surface area (Å²) in [5.41, 5.74) is 0.604. The number of nitro groups is 1. The zero-order chi connectivity index (χ0) is 21.3. The molecule has 3 aromatic rings. The van der Waals surface area contributed by atoms with Crippen molar-refractivity contribution in [1.29, 1.82) is 0 Å². The van der Waals surface area contributed by atoms with E-state index in [9.17, 15) is 14.9 Å². The smallest absolute Gasteiger partial charge is 0.284 e. The van der Waals surface area contributed by atoms with Crippen LogP contribution in [0.2, 0.25) is 5.02 Å². The number of nitro benzene ring substituents is 1. The second kappa shape index (κ2) is 8.08. The van der Waals surface area contributed by atoms with Crippen molar-refractivity contribution in [3.63, 3.8) is 0 Å². The Morgan fingerprint density at radius 2 is 2.00 bits per heavy atom. The fourth-order valence-electron chi connectivity index (χ4n) is 3.43. The second-order valence-electron chi connectivity index (χ2n) is 7.16. The first-order valence-electron chi connectivity index (χ1n) is 9.27. The van der Waals surface area contributed by atoms with Crippen LogP contribution in [0.25, 0.3) is 0 Å². The number of nitrogens with one attached hydrogen (secondary N) is 1. The lowest BCUT2D eigenvalue weighted by molar-refractivity contribution is -0.387. The largest absolute Gasteiger partial charge is 0.343 e. The summed E-state index contributed by atoms with van der Waals surface area (Å²) in [5.74, 6) is -0.344. The van der Waals surface area contributed by atoms with Crippen molar-refractivity contribution >= 4 is 35.0 Å². The molecule has 154 valence electrons. The molecule has 0 atom stereocenters. The summed E-state index contributed by atoms with van der Waals surface area (Å²) in [4.78, 5) is 24.5. The minimum absolute atomic E-state index is 0.148. The average molecular weight is 444 g/mol. The fraction of sp³-hybridized carbons (Fsp3) is 0.250. The molecule has 4 rings (SSSR count). The number of hydrogen-bond donors (Lipinski definition) is 1. The highest BCUT2D eigenvalue weighted by Gasteiger charge is 2.40. The lowest BCUT2D eigenvalue weighted by Crippen LogP contribution is -2.50. The van der Waals surface area contributed by atoms with Gasteiger partial charge < -0.3 is 9.88 Å². The number of halogens is 1. The Balaban J connectivity index is 1.59.